The lowest BCUT2D eigenvalue weighted by Gasteiger charge is -2.26. The van der Waals surface area contributed by atoms with Gasteiger partial charge in [0.15, 0.2) is 0 Å². The van der Waals surface area contributed by atoms with Crippen LogP contribution in [-0.4, -0.2) is 49.2 Å². The van der Waals surface area contributed by atoms with Gasteiger partial charge >= 0.3 is 0 Å². The largest absolute Gasteiger partial charge is 0.336 e. The third kappa shape index (κ3) is 3.35. The van der Waals surface area contributed by atoms with Crippen LogP contribution in [-0.2, 0) is 10.0 Å². The van der Waals surface area contributed by atoms with E-state index >= 15 is 0 Å². The van der Waals surface area contributed by atoms with Crippen molar-refractivity contribution in [1.82, 2.24) is 9.21 Å². The fourth-order valence-corrected chi connectivity index (χ4v) is 5.23. The van der Waals surface area contributed by atoms with Crippen LogP contribution in [0.25, 0.3) is 0 Å². The molecule has 0 bridgehead atoms. The molecule has 0 radical (unpaired) electrons. The van der Waals surface area contributed by atoms with Gasteiger partial charge in [-0.05, 0) is 56.4 Å². The molecule has 5 nitrogen and oxygen atoms in total. The van der Waals surface area contributed by atoms with E-state index in [1.165, 1.54) is 0 Å². The smallest absolute Gasteiger partial charge is 0.254 e. The minimum absolute atomic E-state index is 0.0151. The summed E-state index contributed by atoms with van der Waals surface area (Å²) < 4.78 is 26.9. The van der Waals surface area contributed by atoms with Gasteiger partial charge in [0.05, 0.1) is 4.90 Å². The first-order valence-corrected chi connectivity index (χ1v) is 10.4. The quantitative estimate of drug-likeness (QED) is 0.839. The molecule has 1 unspecified atom stereocenters. The summed E-state index contributed by atoms with van der Waals surface area (Å²) in [6.07, 6.45) is 6.00. The summed E-state index contributed by atoms with van der Waals surface area (Å²) in [5.74, 6) is 0.0151. The Kier molecular flexibility index (Phi) is 5.25. The Labute approximate surface area is 144 Å². The highest BCUT2D eigenvalue weighted by Crippen LogP contribution is 2.24. The van der Waals surface area contributed by atoms with Crippen LogP contribution in [0, 0.1) is 0 Å². The molecule has 6 heteroatoms. The minimum atomic E-state index is -3.43. The number of carbonyl (C=O) groups excluding carboxylic acids is 1. The normalized spacial score (nSPS) is 22.7. The Morgan fingerprint density at radius 3 is 2.33 bits per heavy atom. The van der Waals surface area contributed by atoms with Gasteiger partial charge in [-0.2, -0.15) is 4.31 Å². The lowest BCUT2D eigenvalue weighted by molar-refractivity contribution is 0.0733. The van der Waals surface area contributed by atoms with Crippen molar-refractivity contribution in [3.05, 3.63) is 29.8 Å². The summed E-state index contributed by atoms with van der Waals surface area (Å²) in [6.45, 7) is 4.08. The molecule has 132 valence electrons. The molecule has 0 N–H and O–H groups in total. The molecule has 2 heterocycles. The van der Waals surface area contributed by atoms with Gasteiger partial charge in [0.1, 0.15) is 0 Å². The molecule has 0 aromatic heterocycles. The zero-order chi connectivity index (χ0) is 17.2. The van der Waals surface area contributed by atoms with E-state index in [0.29, 0.717) is 24.7 Å². The standard InChI is InChI=1S/C18H26N2O3S/c1-2-16-7-6-14-20(16)18(21)15-8-10-17(11-9-15)24(22,23)19-12-4-3-5-13-19/h8-11,16H,2-7,12-14H2,1H3. The number of benzene rings is 1. The molecule has 0 saturated carbocycles. The van der Waals surface area contributed by atoms with Crippen LogP contribution in [0.4, 0.5) is 0 Å². The molecule has 1 aromatic carbocycles. The molecule has 0 spiro atoms. The van der Waals surface area contributed by atoms with E-state index in [1.54, 1.807) is 28.6 Å². The number of carbonyl (C=O) groups is 1. The van der Waals surface area contributed by atoms with Crippen LogP contribution in [0.3, 0.4) is 0 Å². The van der Waals surface area contributed by atoms with Crippen LogP contribution in [0.5, 0.6) is 0 Å². The highest BCUT2D eigenvalue weighted by atomic mass is 32.2. The summed E-state index contributed by atoms with van der Waals surface area (Å²) in [4.78, 5) is 14.9. The molecule has 2 aliphatic heterocycles. The van der Waals surface area contributed by atoms with Crippen molar-refractivity contribution < 1.29 is 13.2 Å². The van der Waals surface area contributed by atoms with Crippen molar-refractivity contribution in [1.29, 1.82) is 0 Å². The Morgan fingerprint density at radius 1 is 1.04 bits per heavy atom. The third-order valence-corrected chi connectivity index (χ3v) is 7.08. The van der Waals surface area contributed by atoms with Crippen molar-refractivity contribution in [2.24, 2.45) is 0 Å². The molecule has 2 saturated heterocycles. The second-order valence-electron chi connectivity index (χ2n) is 6.69. The maximum absolute atomic E-state index is 12.7. The minimum Gasteiger partial charge on any atom is -0.336 e. The van der Waals surface area contributed by atoms with E-state index in [4.69, 9.17) is 0 Å². The third-order valence-electron chi connectivity index (χ3n) is 5.16. The topological polar surface area (TPSA) is 57.7 Å². The number of nitrogens with zero attached hydrogens (tertiary/aromatic N) is 2. The van der Waals surface area contributed by atoms with Crippen molar-refractivity contribution in [2.75, 3.05) is 19.6 Å². The van der Waals surface area contributed by atoms with Gasteiger partial charge in [-0.15, -0.1) is 0 Å². The van der Waals surface area contributed by atoms with E-state index in [-0.39, 0.29) is 10.8 Å². The van der Waals surface area contributed by atoms with Crippen molar-refractivity contribution in [3.63, 3.8) is 0 Å². The average Bonchev–Trinajstić information content (AvgIpc) is 3.10. The fourth-order valence-electron chi connectivity index (χ4n) is 3.72. The van der Waals surface area contributed by atoms with Gasteiger partial charge in [0, 0.05) is 31.2 Å². The predicted octanol–water partition coefficient (Wildman–Crippen LogP) is 2.88. The number of hydrogen-bond donors (Lipinski definition) is 0. The number of sulfonamides is 1. The van der Waals surface area contributed by atoms with Crippen molar-refractivity contribution in [2.45, 2.75) is 56.4 Å². The molecule has 24 heavy (non-hydrogen) atoms. The van der Waals surface area contributed by atoms with Gasteiger partial charge in [-0.1, -0.05) is 13.3 Å². The maximum atomic E-state index is 12.7. The summed E-state index contributed by atoms with van der Waals surface area (Å²) in [6, 6.07) is 6.78. The number of piperidine rings is 1. The van der Waals surface area contributed by atoms with Gasteiger partial charge < -0.3 is 4.90 Å². The van der Waals surface area contributed by atoms with Crippen LogP contribution in [0.1, 0.15) is 55.8 Å². The molecule has 0 aliphatic carbocycles. The second-order valence-corrected chi connectivity index (χ2v) is 8.63. The monoisotopic (exact) mass is 350 g/mol. The zero-order valence-corrected chi connectivity index (χ0v) is 15.1. The molecule has 1 amide bonds. The van der Waals surface area contributed by atoms with Crippen molar-refractivity contribution >= 4 is 15.9 Å². The molecule has 2 fully saturated rings. The van der Waals surface area contributed by atoms with Crippen LogP contribution in [0.2, 0.25) is 0 Å². The Morgan fingerprint density at radius 2 is 1.71 bits per heavy atom. The first-order chi connectivity index (χ1) is 11.5. The van der Waals surface area contributed by atoms with E-state index in [9.17, 15) is 13.2 Å². The predicted molar refractivity (Wildman–Crippen MR) is 93.4 cm³/mol. The van der Waals surface area contributed by atoms with Gasteiger partial charge in [-0.25, -0.2) is 8.42 Å². The summed E-state index contributed by atoms with van der Waals surface area (Å²) in [5.41, 5.74) is 0.577. The number of hydrogen-bond acceptors (Lipinski definition) is 3. The summed E-state index contributed by atoms with van der Waals surface area (Å²) in [7, 11) is -3.43. The number of amides is 1. The Balaban J connectivity index is 1.76. The van der Waals surface area contributed by atoms with Crippen molar-refractivity contribution in [3.8, 4) is 0 Å². The molecule has 2 aliphatic rings. The zero-order valence-electron chi connectivity index (χ0n) is 14.3. The average molecular weight is 350 g/mol. The van der Waals surface area contributed by atoms with E-state index in [2.05, 4.69) is 6.92 Å². The highest BCUT2D eigenvalue weighted by Gasteiger charge is 2.29. The summed E-state index contributed by atoms with van der Waals surface area (Å²) in [5, 5.41) is 0. The Hall–Kier alpha value is -1.40. The number of rotatable bonds is 4. The van der Waals surface area contributed by atoms with E-state index < -0.39 is 10.0 Å². The SMILES string of the molecule is CCC1CCCN1C(=O)c1ccc(S(=O)(=O)N2CCCCC2)cc1. The Bertz CT molecular complexity index is 679. The highest BCUT2D eigenvalue weighted by molar-refractivity contribution is 7.89. The van der Waals surface area contributed by atoms with Gasteiger partial charge in [0.2, 0.25) is 10.0 Å². The first kappa shape index (κ1) is 17.4. The molecule has 1 atom stereocenters. The molecule has 3 rings (SSSR count). The van der Waals surface area contributed by atoms with Crippen LogP contribution < -0.4 is 0 Å². The van der Waals surface area contributed by atoms with Crippen LogP contribution in [0.15, 0.2) is 29.2 Å². The van der Waals surface area contributed by atoms with Gasteiger partial charge in [0.25, 0.3) is 5.91 Å². The van der Waals surface area contributed by atoms with E-state index in [1.807, 2.05) is 4.90 Å². The van der Waals surface area contributed by atoms with E-state index in [0.717, 1.165) is 45.1 Å². The first-order valence-electron chi connectivity index (χ1n) is 8.95. The fraction of sp³-hybridized carbons (Fsp3) is 0.611. The number of likely N-dealkylation sites (tertiary alicyclic amines) is 1. The maximum Gasteiger partial charge on any atom is 0.254 e. The molecular weight excluding hydrogens is 324 g/mol. The lowest BCUT2D eigenvalue weighted by Crippen LogP contribution is -2.36. The van der Waals surface area contributed by atoms with Gasteiger partial charge in [-0.3, -0.25) is 4.79 Å². The summed E-state index contributed by atoms with van der Waals surface area (Å²) >= 11 is 0. The lowest BCUT2D eigenvalue weighted by atomic mass is 10.1. The molecular formula is C18H26N2O3S. The molecule has 1 aromatic rings. The second kappa shape index (κ2) is 7.23. The van der Waals surface area contributed by atoms with Crippen LogP contribution >= 0.6 is 0 Å².